The van der Waals surface area contributed by atoms with Crippen LogP contribution in [0.5, 0.6) is 11.9 Å². The largest absolute Gasteiger partial charge is 0.480 e. The predicted molar refractivity (Wildman–Crippen MR) is 89.4 cm³/mol. The maximum absolute atomic E-state index is 9.39. The fourth-order valence-electron chi connectivity index (χ4n) is 3.18. The maximum atomic E-state index is 9.39. The monoisotopic (exact) mass is 346 g/mol. The number of methoxy groups -OCH3 is 2. The molecule has 0 bridgehead atoms. The second-order valence-corrected chi connectivity index (χ2v) is 6.18. The summed E-state index contributed by atoms with van der Waals surface area (Å²) in [6.45, 7) is 1.89. The second kappa shape index (κ2) is 7.28. The second-order valence-electron chi connectivity index (χ2n) is 6.18. The first-order valence-corrected chi connectivity index (χ1v) is 8.14. The average Bonchev–Trinajstić information content (AvgIpc) is 3.43. The lowest BCUT2D eigenvalue weighted by Gasteiger charge is -2.12. The van der Waals surface area contributed by atoms with Crippen LogP contribution in [-0.4, -0.2) is 57.8 Å². The Morgan fingerprint density at radius 1 is 1.20 bits per heavy atom. The van der Waals surface area contributed by atoms with Gasteiger partial charge in [0.1, 0.15) is 5.69 Å². The van der Waals surface area contributed by atoms with E-state index in [1.165, 1.54) is 14.2 Å². The molecule has 0 radical (unpaired) electrons. The van der Waals surface area contributed by atoms with Crippen molar-refractivity contribution in [1.29, 1.82) is 0 Å². The summed E-state index contributed by atoms with van der Waals surface area (Å²) in [6, 6.07) is 2.18. The van der Waals surface area contributed by atoms with Crippen molar-refractivity contribution in [2.45, 2.75) is 19.3 Å². The van der Waals surface area contributed by atoms with Crippen LogP contribution in [-0.2, 0) is 0 Å². The molecule has 2 heterocycles. The molecule has 2 aromatic rings. The minimum absolute atomic E-state index is 0.0117. The fourth-order valence-corrected chi connectivity index (χ4v) is 3.18. The summed E-state index contributed by atoms with van der Waals surface area (Å²) < 4.78 is 10.3. The molecule has 2 atom stereocenters. The number of aliphatic hydroxyl groups excluding tert-OH is 2. The van der Waals surface area contributed by atoms with E-state index in [-0.39, 0.29) is 37.0 Å². The number of aromatic nitrogens is 4. The van der Waals surface area contributed by atoms with Gasteiger partial charge in [-0.3, -0.25) is 0 Å². The van der Waals surface area contributed by atoms with Crippen molar-refractivity contribution in [2.24, 2.45) is 11.8 Å². The van der Waals surface area contributed by atoms with Crippen molar-refractivity contribution in [2.75, 3.05) is 27.4 Å². The topological polar surface area (TPSA) is 110 Å². The smallest absolute Gasteiger partial charge is 0.319 e. The molecule has 0 saturated heterocycles. The highest BCUT2D eigenvalue weighted by molar-refractivity contribution is 5.64. The van der Waals surface area contributed by atoms with Gasteiger partial charge in [0.25, 0.3) is 0 Å². The molecule has 0 spiro atoms. The Morgan fingerprint density at radius 2 is 1.96 bits per heavy atom. The highest BCUT2D eigenvalue weighted by atomic mass is 16.5. The molecule has 25 heavy (non-hydrogen) atoms. The normalized spacial score (nSPS) is 19.1. The first kappa shape index (κ1) is 17.5. The molecule has 2 aromatic heterocycles. The highest BCUT2D eigenvalue weighted by Crippen LogP contribution is 2.52. The molecular formula is C17H22N4O4. The first-order chi connectivity index (χ1) is 12.1. The molecule has 1 fully saturated rings. The SMILES string of the molecule is COc1ncc(-c2cc(C3CC3C(CO)CO)c(C)nn2)c(OC)n1. The zero-order chi connectivity index (χ0) is 18.0. The Kier molecular flexibility index (Phi) is 5.10. The van der Waals surface area contributed by atoms with Crippen LogP contribution in [0.15, 0.2) is 12.3 Å². The van der Waals surface area contributed by atoms with Crippen LogP contribution in [0, 0.1) is 18.8 Å². The van der Waals surface area contributed by atoms with Gasteiger partial charge in [-0.1, -0.05) is 0 Å². The van der Waals surface area contributed by atoms with E-state index in [9.17, 15) is 10.2 Å². The number of nitrogens with zero attached hydrogens (tertiary/aromatic N) is 4. The molecule has 1 aliphatic rings. The van der Waals surface area contributed by atoms with Crippen LogP contribution in [0.25, 0.3) is 11.3 Å². The minimum Gasteiger partial charge on any atom is -0.480 e. The molecule has 8 heteroatoms. The minimum atomic E-state index is -0.0973. The zero-order valence-electron chi connectivity index (χ0n) is 14.5. The molecule has 8 nitrogen and oxygen atoms in total. The van der Waals surface area contributed by atoms with Crippen LogP contribution < -0.4 is 9.47 Å². The number of hydrogen-bond donors (Lipinski definition) is 2. The third-order valence-electron chi connectivity index (χ3n) is 4.72. The van der Waals surface area contributed by atoms with Crippen LogP contribution in [0.1, 0.15) is 23.6 Å². The van der Waals surface area contributed by atoms with E-state index in [4.69, 9.17) is 9.47 Å². The van der Waals surface area contributed by atoms with E-state index < -0.39 is 0 Å². The van der Waals surface area contributed by atoms with Crippen molar-refractivity contribution in [3.63, 3.8) is 0 Å². The number of ether oxygens (including phenoxy) is 2. The van der Waals surface area contributed by atoms with Crippen LogP contribution in [0.3, 0.4) is 0 Å². The van der Waals surface area contributed by atoms with Gasteiger partial charge in [-0.05, 0) is 36.8 Å². The summed E-state index contributed by atoms with van der Waals surface area (Å²) in [5.74, 6) is 0.801. The lowest BCUT2D eigenvalue weighted by atomic mass is 9.99. The molecular weight excluding hydrogens is 324 g/mol. The van der Waals surface area contributed by atoms with E-state index in [1.807, 2.05) is 13.0 Å². The van der Waals surface area contributed by atoms with Gasteiger partial charge in [-0.15, -0.1) is 5.10 Å². The Morgan fingerprint density at radius 3 is 2.60 bits per heavy atom. The average molecular weight is 346 g/mol. The summed E-state index contributed by atoms with van der Waals surface area (Å²) >= 11 is 0. The van der Waals surface area contributed by atoms with E-state index in [0.717, 1.165) is 17.7 Å². The fraction of sp³-hybridized carbons (Fsp3) is 0.529. The van der Waals surface area contributed by atoms with Gasteiger partial charge in [0.15, 0.2) is 0 Å². The summed E-state index contributed by atoms with van der Waals surface area (Å²) in [6.07, 6.45) is 2.52. The quantitative estimate of drug-likeness (QED) is 0.763. The van der Waals surface area contributed by atoms with Crippen molar-refractivity contribution in [3.8, 4) is 23.1 Å². The van der Waals surface area contributed by atoms with Crippen LogP contribution >= 0.6 is 0 Å². The Hall–Kier alpha value is -2.32. The third kappa shape index (κ3) is 3.40. The molecule has 1 saturated carbocycles. The van der Waals surface area contributed by atoms with Crippen LogP contribution in [0.4, 0.5) is 0 Å². The molecule has 0 amide bonds. The van der Waals surface area contributed by atoms with Gasteiger partial charge in [-0.25, -0.2) is 4.98 Å². The standard InChI is InChI=1S/C17H22N4O4/c1-9-11(13-4-12(13)10(7-22)8-23)5-15(21-20-9)14-6-18-17(25-3)19-16(14)24-2/h5-6,10,12-13,22-23H,4,7-8H2,1-3H3. The molecule has 2 unspecified atom stereocenters. The summed E-state index contributed by atoms with van der Waals surface area (Å²) in [5, 5.41) is 27.3. The summed E-state index contributed by atoms with van der Waals surface area (Å²) in [7, 11) is 3.02. The van der Waals surface area contributed by atoms with E-state index in [0.29, 0.717) is 17.1 Å². The molecule has 134 valence electrons. The van der Waals surface area contributed by atoms with Crippen LogP contribution in [0.2, 0.25) is 0 Å². The van der Waals surface area contributed by atoms with Gasteiger partial charge in [0, 0.05) is 25.3 Å². The van der Waals surface area contributed by atoms with E-state index in [2.05, 4.69) is 20.2 Å². The number of aliphatic hydroxyl groups is 2. The first-order valence-electron chi connectivity index (χ1n) is 8.14. The number of rotatable bonds is 7. The highest BCUT2D eigenvalue weighted by Gasteiger charge is 2.44. The predicted octanol–water partition coefficient (Wildman–Crippen LogP) is 0.964. The Balaban J connectivity index is 1.93. The Labute approximate surface area is 145 Å². The molecule has 0 aliphatic heterocycles. The van der Waals surface area contributed by atoms with Gasteiger partial charge in [-0.2, -0.15) is 10.1 Å². The van der Waals surface area contributed by atoms with E-state index in [1.54, 1.807) is 6.20 Å². The summed E-state index contributed by atoms with van der Waals surface area (Å²) in [5.41, 5.74) is 3.17. The van der Waals surface area contributed by atoms with Crippen molar-refractivity contribution in [3.05, 3.63) is 23.5 Å². The number of hydrogen-bond acceptors (Lipinski definition) is 8. The van der Waals surface area contributed by atoms with Crippen molar-refractivity contribution >= 4 is 0 Å². The van der Waals surface area contributed by atoms with Crippen molar-refractivity contribution in [1.82, 2.24) is 20.2 Å². The van der Waals surface area contributed by atoms with Gasteiger partial charge >= 0.3 is 6.01 Å². The Bertz CT molecular complexity index is 751. The van der Waals surface area contributed by atoms with Gasteiger partial charge < -0.3 is 19.7 Å². The maximum Gasteiger partial charge on any atom is 0.319 e. The third-order valence-corrected chi connectivity index (χ3v) is 4.72. The van der Waals surface area contributed by atoms with Crippen molar-refractivity contribution < 1.29 is 19.7 Å². The van der Waals surface area contributed by atoms with Gasteiger partial charge in [0.05, 0.1) is 25.5 Å². The lowest BCUT2D eigenvalue weighted by molar-refractivity contribution is 0.134. The molecule has 2 N–H and O–H groups in total. The molecule has 1 aliphatic carbocycles. The molecule has 3 rings (SSSR count). The zero-order valence-corrected chi connectivity index (χ0v) is 14.5. The number of aryl methyl sites for hydroxylation is 1. The van der Waals surface area contributed by atoms with Gasteiger partial charge in [0.2, 0.25) is 5.88 Å². The van der Waals surface area contributed by atoms with E-state index >= 15 is 0 Å². The lowest BCUT2D eigenvalue weighted by Crippen LogP contribution is -2.14. The summed E-state index contributed by atoms with van der Waals surface area (Å²) in [4.78, 5) is 8.30. The molecule has 0 aromatic carbocycles.